The second-order valence-corrected chi connectivity index (χ2v) is 9.35. The van der Waals surface area contributed by atoms with Crippen molar-refractivity contribution in [3.05, 3.63) is 58.4 Å². The summed E-state index contributed by atoms with van der Waals surface area (Å²) in [5.41, 5.74) is 3.21. The van der Waals surface area contributed by atoms with Gasteiger partial charge in [-0.3, -0.25) is 9.78 Å². The molecule has 1 amide bonds. The van der Waals surface area contributed by atoms with E-state index < -0.39 is 10.0 Å². The molecule has 29 heavy (non-hydrogen) atoms. The van der Waals surface area contributed by atoms with E-state index in [0.717, 1.165) is 11.3 Å². The van der Waals surface area contributed by atoms with E-state index in [2.05, 4.69) is 4.98 Å². The molecule has 0 aliphatic carbocycles. The number of nitriles is 1. The summed E-state index contributed by atoms with van der Waals surface area (Å²) in [4.78, 5) is 19.1. The molecule has 1 fully saturated rings. The second-order valence-electron chi connectivity index (χ2n) is 7.44. The summed E-state index contributed by atoms with van der Waals surface area (Å²) in [5.74, 6) is -0.130. The van der Waals surface area contributed by atoms with Crippen LogP contribution in [0.2, 0.25) is 0 Å². The molecule has 1 atom stereocenters. The van der Waals surface area contributed by atoms with Gasteiger partial charge < -0.3 is 4.90 Å². The average Bonchev–Trinajstić information content (AvgIpc) is 2.67. The van der Waals surface area contributed by atoms with Crippen molar-refractivity contribution in [3.8, 4) is 6.07 Å². The molecule has 1 aromatic heterocycles. The van der Waals surface area contributed by atoms with Crippen LogP contribution in [0.25, 0.3) is 0 Å². The molecule has 1 aliphatic heterocycles. The minimum atomic E-state index is -3.70. The molecule has 0 N–H and O–H groups in total. The van der Waals surface area contributed by atoms with Crippen LogP contribution >= 0.6 is 0 Å². The van der Waals surface area contributed by atoms with E-state index in [1.165, 1.54) is 16.4 Å². The predicted octanol–water partition coefficient (Wildman–Crippen LogP) is 2.41. The van der Waals surface area contributed by atoms with Crippen LogP contribution < -0.4 is 0 Å². The molecule has 0 spiro atoms. The Morgan fingerprint density at radius 2 is 1.90 bits per heavy atom. The number of aryl methyl sites for hydroxylation is 3. The van der Waals surface area contributed by atoms with Gasteiger partial charge in [0, 0.05) is 37.6 Å². The molecule has 8 heteroatoms. The van der Waals surface area contributed by atoms with E-state index >= 15 is 0 Å². The molecule has 2 aromatic rings. The Bertz CT molecular complexity index is 1110. The third-order valence-electron chi connectivity index (χ3n) is 5.25. The molecule has 0 radical (unpaired) electrons. The Labute approximate surface area is 171 Å². The largest absolute Gasteiger partial charge is 0.333 e. The molecule has 152 valence electrons. The topological polar surface area (TPSA) is 94.4 Å². The molecular weight excluding hydrogens is 388 g/mol. The van der Waals surface area contributed by atoms with E-state index in [-0.39, 0.29) is 29.9 Å². The standard InChI is InChI=1S/C21H24N4O3S/c1-14-9-16(3)23-12-19(14)21(26)25-8-7-24(13-17(25)4)29(27,28)20-6-5-18(11-22)10-15(20)2/h5-6,9-10,12,17H,7-8,13H2,1-4H3/t17-/m0/s1. The summed E-state index contributed by atoms with van der Waals surface area (Å²) in [6.45, 7) is 8.02. The van der Waals surface area contributed by atoms with Gasteiger partial charge in [-0.2, -0.15) is 9.57 Å². The van der Waals surface area contributed by atoms with Crippen LogP contribution in [0.15, 0.2) is 35.4 Å². The maximum Gasteiger partial charge on any atom is 0.256 e. The Morgan fingerprint density at radius 1 is 1.17 bits per heavy atom. The quantitative estimate of drug-likeness (QED) is 0.772. The number of benzene rings is 1. The number of hydrogen-bond donors (Lipinski definition) is 0. The van der Waals surface area contributed by atoms with Crippen molar-refractivity contribution in [3.63, 3.8) is 0 Å². The monoisotopic (exact) mass is 412 g/mol. The van der Waals surface area contributed by atoms with Gasteiger partial charge >= 0.3 is 0 Å². The molecule has 0 saturated carbocycles. The van der Waals surface area contributed by atoms with Gasteiger partial charge in [0.15, 0.2) is 0 Å². The van der Waals surface area contributed by atoms with E-state index in [1.807, 2.05) is 32.9 Å². The zero-order valence-electron chi connectivity index (χ0n) is 17.0. The van der Waals surface area contributed by atoms with E-state index in [1.54, 1.807) is 24.1 Å². The van der Waals surface area contributed by atoms with Crippen LogP contribution in [0.3, 0.4) is 0 Å². The highest BCUT2D eigenvalue weighted by molar-refractivity contribution is 7.89. The summed E-state index contributed by atoms with van der Waals surface area (Å²) in [5, 5.41) is 9.00. The average molecular weight is 413 g/mol. The summed E-state index contributed by atoms with van der Waals surface area (Å²) in [6.07, 6.45) is 1.59. The number of hydrogen-bond acceptors (Lipinski definition) is 5. The summed E-state index contributed by atoms with van der Waals surface area (Å²) in [7, 11) is -3.70. The predicted molar refractivity (Wildman–Crippen MR) is 109 cm³/mol. The number of amides is 1. The summed E-state index contributed by atoms with van der Waals surface area (Å²) < 4.78 is 27.7. The SMILES string of the molecule is Cc1cc(C)c(C(=O)N2CCN(S(=O)(=O)c3ccc(C#N)cc3C)C[C@@H]2C)cn1. The smallest absolute Gasteiger partial charge is 0.256 e. The first-order chi connectivity index (χ1) is 13.6. The molecule has 0 bridgehead atoms. The lowest BCUT2D eigenvalue weighted by atomic mass is 10.1. The zero-order chi connectivity index (χ0) is 21.3. The minimum absolute atomic E-state index is 0.130. The van der Waals surface area contributed by atoms with Crippen LogP contribution in [0.1, 0.15) is 39.7 Å². The van der Waals surface area contributed by atoms with Gasteiger partial charge in [0.05, 0.1) is 22.1 Å². The van der Waals surface area contributed by atoms with Gasteiger partial charge in [-0.25, -0.2) is 8.42 Å². The molecule has 1 saturated heterocycles. The first kappa shape index (κ1) is 21.0. The van der Waals surface area contributed by atoms with E-state index in [0.29, 0.717) is 23.2 Å². The van der Waals surface area contributed by atoms with Crippen LogP contribution in [0, 0.1) is 32.1 Å². The van der Waals surface area contributed by atoms with Crippen molar-refractivity contribution < 1.29 is 13.2 Å². The fourth-order valence-corrected chi connectivity index (χ4v) is 5.38. The maximum absolute atomic E-state index is 13.1. The highest BCUT2D eigenvalue weighted by atomic mass is 32.2. The normalized spacial score (nSPS) is 17.8. The number of nitrogens with zero attached hydrogens (tertiary/aromatic N) is 4. The lowest BCUT2D eigenvalue weighted by Crippen LogP contribution is -2.55. The van der Waals surface area contributed by atoms with Gasteiger partial charge in [-0.1, -0.05) is 0 Å². The molecular formula is C21H24N4O3S. The van der Waals surface area contributed by atoms with Crippen LogP contribution in [0.5, 0.6) is 0 Å². The van der Waals surface area contributed by atoms with Crippen LogP contribution in [-0.4, -0.2) is 54.2 Å². The van der Waals surface area contributed by atoms with Gasteiger partial charge in [-0.15, -0.1) is 0 Å². The Balaban J connectivity index is 1.80. The first-order valence-electron chi connectivity index (χ1n) is 9.40. The van der Waals surface area contributed by atoms with Crippen molar-refractivity contribution in [2.24, 2.45) is 0 Å². The lowest BCUT2D eigenvalue weighted by Gasteiger charge is -2.39. The van der Waals surface area contributed by atoms with Crippen molar-refractivity contribution in [2.45, 2.75) is 38.6 Å². The van der Waals surface area contributed by atoms with Gasteiger partial charge in [0.1, 0.15) is 0 Å². The maximum atomic E-state index is 13.1. The molecule has 3 rings (SSSR count). The van der Waals surface area contributed by atoms with Crippen LogP contribution in [-0.2, 0) is 10.0 Å². The molecule has 7 nitrogen and oxygen atoms in total. The van der Waals surface area contributed by atoms with E-state index in [9.17, 15) is 13.2 Å². The number of carbonyl (C=O) groups excluding carboxylic acids is 1. The molecule has 1 aliphatic rings. The second kappa shape index (κ2) is 7.93. The summed E-state index contributed by atoms with van der Waals surface area (Å²) in [6, 6.07) is 8.17. The number of rotatable bonds is 3. The van der Waals surface area contributed by atoms with Crippen molar-refractivity contribution in [1.29, 1.82) is 5.26 Å². The van der Waals surface area contributed by atoms with Gasteiger partial charge in [0.2, 0.25) is 10.0 Å². The van der Waals surface area contributed by atoms with Gasteiger partial charge in [-0.05, 0) is 63.1 Å². The Hall–Kier alpha value is -2.76. The van der Waals surface area contributed by atoms with E-state index in [4.69, 9.17) is 5.26 Å². The lowest BCUT2D eigenvalue weighted by molar-refractivity contribution is 0.0590. The third-order valence-corrected chi connectivity index (χ3v) is 7.28. The fourth-order valence-electron chi connectivity index (χ4n) is 3.67. The first-order valence-corrected chi connectivity index (χ1v) is 10.8. The minimum Gasteiger partial charge on any atom is -0.333 e. The van der Waals surface area contributed by atoms with Crippen molar-refractivity contribution in [2.75, 3.05) is 19.6 Å². The highest BCUT2D eigenvalue weighted by Crippen LogP contribution is 2.25. The van der Waals surface area contributed by atoms with Crippen LogP contribution in [0.4, 0.5) is 0 Å². The molecule has 1 aromatic carbocycles. The Kier molecular flexibility index (Phi) is 5.73. The summed E-state index contributed by atoms with van der Waals surface area (Å²) >= 11 is 0. The Morgan fingerprint density at radius 3 is 2.48 bits per heavy atom. The fraction of sp³-hybridized carbons (Fsp3) is 0.381. The number of sulfonamides is 1. The highest BCUT2D eigenvalue weighted by Gasteiger charge is 2.35. The molecule has 2 heterocycles. The van der Waals surface area contributed by atoms with Crippen molar-refractivity contribution in [1.82, 2.24) is 14.2 Å². The third kappa shape index (κ3) is 4.02. The number of pyridine rings is 1. The molecule has 0 unspecified atom stereocenters. The van der Waals surface area contributed by atoms with Crippen molar-refractivity contribution >= 4 is 15.9 Å². The number of aromatic nitrogens is 1. The number of carbonyl (C=O) groups is 1. The number of piperazine rings is 1. The zero-order valence-corrected chi connectivity index (χ0v) is 17.8. The van der Waals surface area contributed by atoms with Gasteiger partial charge in [0.25, 0.3) is 5.91 Å².